The topological polar surface area (TPSA) is 37.0 Å². The molecule has 1 heterocycles. The van der Waals surface area contributed by atoms with Crippen LogP contribution in [0.3, 0.4) is 0 Å². The third-order valence-corrected chi connectivity index (χ3v) is 2.83. The monoisotopic (exact) mass is 241 g/mol. The van der Waals surface area contributed by atoms with E-state index in [1.807, 2.05) is 25.4 Å². The van der Waals surface area contributed by atoms with Gasteiger partial charge in [0.15, 0.2) is 0 Å². The van der Waals surface area contributed by atoms with Crippen LogP contribution in [0.5, 0.6) is 0 Å². The molecule has 1 aromatic carbocycles. The van der Waals surface area contributed by atoms with Crippen LogP contribution in [-0.2, 0) is 6.42 Å². The molecule has 0 aliphatic carbocycles. The van der Waals surface area contributed by atoms with E-state index in [1.165, 1.54) is 5.56 Å². The van der Waals surface area contributed by atoms with Gasteiger partial charge < -0.3 is 10.6 Å². The van der Waals surface area contributed by atoms with Crippen LogP contribution in [0.1, 0.15) is 12.0 Å². The van der Waals surface area contributed by atoms with Crippen molar-refractivity contribution in [2.45, 2.75) is 12.8 Å². The van der Waals surface area contributed by atoms with Crippen molar-refractivity contribution in [2.75, 3.05) is 24.2 Å². The van der Waals surface area contributed by atoms with Gasteiger partial charge in [-0.15, -0.1) is 0 Å². The maximum Gasteiger partial charge on any atom is 0.127 e. The molecule has 2 aromatic rings. The molecule has 2 rings (SSSR count). The van der Waals surface area contributed by atoms with Crippen molar-refractivity contribution in [3.63, 3.8) is 0 Å². The smallest absolute Gasteiger partial charge is 0.127 e. The Morgan fingerprint density at radius 2 is 1.94 bits per heavy atom. The number of pyridine rings is 1. The van der Waals surface area contributed by atoms with Gasteiger partial charge in [0.2, 0.25) is 0 Å². The molecule has 0 spiro atoms. The molecule has 0 unspecified atom stereocenters. The average molecular weight is 241 g/mol. The number of hydrogen-bond acceptors (Lipinski definition) is 3. The summed E-state index contributed by atoms with van der Waals surface area (Å²) in [5.74, 6) is 0.892. The summed E-state index contributed by atoms with van der Waals surface area (Å²) in [7, 11) is 1.88. The minimum Gasteiger partial charge on any atom is -0.385 e. The summed E-state index contributed by atoms with van der Waals surface area (Å²) in [6.45, 7) is 0.974. The van der Waals surface area contributed by atoms with Crippen molar-refractivity contribution in [1.29, 1.82) is 0 Å². The van der Waals surface area contributed by atoms with Gasteiger partial charge in [0.25, 0.3) is 0 Å². The highest BCUT2D eigenvalue weighted by molar-refractivity contribution is 5.51. The van der Waals surface area contributed by atoms with Crippen LogP contribution in [0.25, 0.3) is 0 Å². The van der Waals surface area contributed by atoms with Gasteiger partial charge in [-0.3, -0.25) is 0 Å². The maximum atomic E-state index is 4.18. The largest absolute Gasteiger partial charge is 0.385 e. The number of hydrogen-bond donors (Lipinski definition) is 2. The molecule has 3 nitrogen and oxygen atoms in total. The molecule has 0 saturated heterocycles. The Balaban J connectivity index is 1.75. The van der Waals surface area contributed by atoms with Crippen molar-refractivity contribution >= 4 is 11.5 Å². The number of nitrogens with one attached hydrogen (secondary N) is 2. The number of aryl methyl sites for hydroxylation is 1. The lowest BCUT2D eigenvalue weighted by atomic mass is 10.1. The van der Waals surface area contributed by atoms with E-state index in [9.17, 15) is 0 Å². The fraction of sp³-hybridized carbons (Fsp3) is 0.267. The summed E-state index contributed by atoms with van der Waals surface area (Å²) in [4.78, 5) is 4.18. The van der Waals surface area contributed by atoms with Crippen LogP contribution in [0.15, 0.2) is 48.7 Å². The molecule has 18 heavy (non-hydrogen) atoms. The van der Waals surface area contributed by atoms with E-state index < -0.39 is 0 Å². The number of rotatable bonds is 6. The van der Waals surface area contributed by atoms with Gasteiger partial charge in [-0.1, -0.05) is 30.3 Å². The first-order valence-electron chi connectivity index (χ1n) is 6.30. The number of anilines is 2. The van der Waals surface area contributed by atoms with Gasteiger partial charge in [0.1, 0.15) is 5.82 Å². The minimum absolute atomic E-state index is 0.892. The van der Waals surface area contributed by atoms with Crippen molar-refractivity contribution in [2.24, 2.45) is 0 Å². The summed E-state index contributed by atoms with van der Waals surface area (Å²) in [5, 5.41) is 6.44. The van der Waals surface area contributed by atoms with Gasteiger partial charge in [-0.25, -0.2) is 4.98 Å². The molecular formula is C15H19N3. The van der Waals surface area contributed by atoms with E-state index >= 15 is 0 Å². The molecule has 3 heteroatoms. The zero-order valence-corrected chi connectivity index (χ0v) is 10.7. The third kappa shape index (κ3) is 3.77. The van der Waals surface area contributed by atoms with Crippen LogP contribution >= 0.6 is 0 Å². The van der Waals surface area contributed by atoms with E-state index in [4.69, 9.17) is 0 Å². The van der Waals surface area contributed by atoms with Crippen LogP contribution in [0.2, 0.25) is 0 Å². The molecule has 94 valence electrons. The molecule has 0 fully saturated rings. The lowest BCUT2D eigenvalue weighted by Gasteiger charge is -2.07. The summed E-state index contributed by atoms with van der Waals surface area (Å²) >= 11 is 0. The third-order valence-electron chi connectivity index (χ3n) is 2.83. The van der Waals surface area contributed by atoms with Crippen LogP contribution in [-0.4, -0.2) is 18.6 Å². The first kappa shape index (κ1) is 12.4. The van der Waals surface area contributed by atoms with E-state index in [0.717, 1.165) is 30.9 Å². The molecule has 0 radical (unpaired) electrons. The first-order valence-corrected chi connectivity index (χ1v) is 6.30. The standard InChI is InChI=1S/C15H19N3/c1-16-15-12-14(9-11-18-15)17-10-5-8-13-6-3-2-4-7-13/h2-4,6-7,9,11-12H,5,8,10H2,1H3,(H2,16,17,18). The maximum absolute atomic E-state index is 4.18. The van der Waals surface area contributed by atoms with E-state index in [2.05, 4.69) is 45.9 Å². The molecule has 2 N–H and O–H groups in total. The van der Waals surface area contributed by atoms with Crippen LogP contribution in [0.4, 0.5) is 11.5 Å². The average Bonchev–Trinajstić information content (AvgIpc) is 2.45. The molecule has 0 bridgehead atoms. The molecule has 0 atom stereocenters. The second kappa shape index (κ2) is 6.64. The Bertz CT molecular complexity index is 468. The highest BCUT2D eigenvalue weighted by atomic mass is 15.0. The van der Waals surface area contributed by atoms with Crippen molar-refractivity contribution in [1.82, 2.24) is 4.98 Å². The molecule has 0 aliphatic rings. The minimum atomic E-state index is 0.892. The molecule has 1 aromatic heterocycles. The van der Waals surface area contributed by atoms with Crippen molar-refractivity contribution in [3.8, 4) is 0 Å². The highest BCUT2D eigenvalue weighted by Gasteiger charge is 1.95. The van der Waals surface area contributed by atoms with E-state index in [1.54, 1.807) is 0 Å². The van der Waals surface area contributed by atoms with Gasteiger partial charge in [-0.2, -0.15) is 0 Å². The molecular weight excluding hydrogens is 222 g/mol. The predicted molar refractivity (Wildman–Crippen MR) is 77.0 cm³/mol. The van der Waals surface area contributed by atoms with Gasteiger partial charge in [0, 0.05) is 31.5 Å². The molecule has 0 aliphatic heterocycles. The Hall–Kier alpha value is -2.03. The summed E-state index contributed by atoms with van der Waals surface area (Å²) in [5.41, 5.74) is 2.51. The highest BCUT2D eigenvalue weighted by Crippen LogP contribution is 2.11. The number of benzene rings is 1. The van der Waals surface area contributed by atoms with Crippen molar-refractivity contribution in [3.05, 3.63) is 54.2 Å². The Labute approximate surface area is 108 Å². The van der Waals surface area contributed by atoms with Gasteiger partial charge in [0.05, 0.1) is 0 Å². The fourth-order valence-corrected chi connectivity index (χ4v) is 1.85. The first-order chi connectivity index (χ1) is 8.88. The van der Waals surface area contributed by atoms with Crippen LogP contribution < -0.4 is 10.6 Å². The van der Waals surface area contributed by atoms with Gasteiger partial charge in [-0.05, 0) is 24.5 Å². The van der Waals surface area contributed by atoms with Crippen molar-refractivity contribution < 1.29 is 0 Å². The van der Waals surface area contributed by atoms with E-state index in [-0.39, 0.29) is 0 Å². The van der Waals surface area contributed by atoms with Gasteiger partial charge >= 0.3 is 0 Å². The normalized spacial score (nSPS) is 10.1. The Morgan fingerprint density at radius 1 is 1.11 bits per heavy atom. The zero-order chi connectivity index (χ0) is 12.6. The number of aromatic nitrogens is 1. The lowest BCUT2D eigenvalue weighted by molar-refractivity contribution is 0.863. The Kier molecular flexibility index (Phi) is 4.59. The summed E-state index contributed by atoms with van der Waals surface area (Å²) in [6, 6.07) is 14.6. The molecule has 0 saturated carbocycles. The quantitative estimate of drug-likeness (QED) is 0.763. The lowest BCUT2D eigenvalue weighted by Crippen LogP contribution is -2.03. The number of nitrogens with zero attached hydrogens (tertiary/aromatic N) is 1. The summed E-state index contributed by atoms with van der Waals surface area (Å²) < 4.78 is 0. The summed E-state index contributed by atoms with van der Waals surface area (Å²) in [6.07, 6.45) is 4.05. The zero-order valence-electron chi connectivity index (χ0n) is 10.7. The second-order valence-electron chi connectivity index (χ2n) is 4.20. The predicted octanol–water partition coefficient (Wildman–Crippen LogP) is 3.17. The Morgan fingerprint density at radius 3 is 2.72 bits per heavy atom. The second-order valence-corrected chi connectivity index (χ2v) is 4.20. The van der Waals surface area contributed by atoms with Crippen LogP contribution in [0, 0.1) is 0 Å². The SMILES string of the molecule is CNc1cc(NCCCc2ccccc2)ccn1. The fourth-order valence-electron chi connectivity index (χ4n) is 1.85. The molecule has 0 amide bonds. The van der Waals surface area contributed by atoms with E-state index in [0.29, 0.717) is 0 Å².